The number of alkyl halides is 2. The predicted molar refractivity (Wildman–Crippen MR) is 98.4 cm³/mol. The van der Waals surface area contributed by atoms with Gasteiger partial charge in [0.15, 0.2) is 0 Å². The van der Waals surface area contributed by atoms with E-state index in [1.807, 2.05) is 12.1 Å². The number of hydrogen-bond acceptors (Lipinski definition) is 5. The SMILES string of the molecule is O=C(CN1CCNCC1c1cccnc1)Nc1ccccc1SC(F)F. The Balaban J connectivity index is 1.67. The third-order valence-electron chi connectivity index (χ3n) is 4.15. The number of aromatic nitrogens is 1. The molecule has 1 amide bonds. The van der Waals surface area contributed by atoms with Crippen molar-refractivity contribution < 1.29 is 13.6 Å². The summed E-state index contributed by atoms with van der Waals surface area (Å²) in [5.41, 5.74) is 1.46. The molecule has 1 atom stereocenters. The molecule has 1 unspecified atom stereocenters. The molecule has 2 heterocycles. The van der Waals surface area contributed by atoms with E-state index in [1.54, 1.807) is 36.7 Å². The summed E-state index contributed by atoms with van der Waals surface area (Å²) in [6, 6.07) is 10.5. The van der Waals surface area contributed by atoms with Gasteiger partial charge in [-0.2, -0.15) is 8.78 Å². The molecular formula is C18H20F2N4OS. The van der Waals surface area contributed by atoms with Crippen LogP contribution < -0.4 is 10.6 Å². The summed E-state index contributed by atoms with van der Waals surface area (Å²) in [7, 11) is 0. The number of carbonyl (C=O) groups excluding carboxylic acids is 1. The highest BCUT2D eigenvalue weighted by atomic mass is 32.2. The maximum Gasteiger partial charge on any atom is 0.288 e. The van der Waals surface area contributed by atoms with E-state index in [2.05, 4.69) is 20.5 Å². The summed E-state index contributed by atoms with van der Waals surface area (Å²) in [6.07, 6.45) is 3.52. The zero-order chi connectivity index (χ0) is 18.4. The zero-order valence-corrected chi connectivity index (χ0v) is 14.9. The molecule has 1 aromatic heterocycles. The molecule has 0 bridgehead atoms. The normalized spacial score (nSPS) is 18.0. The van der Waals surface area contributed by atoms with E-state index < -0.39 is 5.76 Å². The van der Waals surface area contributed by atoms with Gasteiger partial charge in [0.05, 0.1) is 12.2 Å². The highest BCUT2D eigenvalue weighted by Gasteiger charge is 2.26. The first-order chi connectivity index (χ1) is 12.6. The minimum Gasteiger partial charge on any atom is -0.324 e. The molecule has 5 nitrogen and oxygen atoms in total. The number of benzene rings is 1. The van der Waals surface area contributed by atoms with Gasteiger partial charge in [0, 0.05) is 43.0 Å². The highest BCUT2D eigenvalue weighted by Crippen LogP contribution is 2.31. The van der Waals surface area contributed by atoms with Crippen LogP contribution in [0.15, 0.2) is 53.7 Å². The van der Waals surface area contributed by atoms with Gasteiger partial charge in [0.25, 0.3) is 5.76 Å². The topological polar surface area (TPSA) is 57.3 Å². The minimum atomic E-state index is -2.53. The number of rotatable bonds is 6. The van der Waals surface area contributed by atoms with Crippen LogP contribution in [0.2, 0.25) is 0 Å². The van der Waals surface area contributed by atoms with Gasteiger partial charge in [-0.3, -0.25) is 14.7 Å². The molecule has 1 aliphatic heterocycles. The van der Waals surface area contributed by atoms with Crippen LogP contribution in [-0.2, 0) is 4.79 Å². The lowest BCUT2D eigenvalue weighted by atomic mass is 10.1. The molecule has 2 aromatic rings. The van der Waals surface area contributed by atoms with Gasteiger partial charge in [-0.25, -0.2) is 0 Å². The molecule has 1 fully saturated rings. The molecule has 0 aliphatic carbocycles. The smallest absolute Gasteiger partial charge is 0.288 e. The molecule has 1 saturated heterocycles. The molecule has 0 spiro atoms. The standard InChI is InChI=1S/C18H20F2N4OS/c19-18(20)26-16-6-2-1-5-14(16)23-17(25)12-24-9-8-22-11-15(24)13-4-3-7-21-10-13/h1-7,10,15,18,22H,8-9,11-12H2,(H,23,25). The Kier molecular flexibility index (Phi) is 6.54. The van der Waals surface area contributed by atoms with Gasteiger partial charge in [0.2, 0.25) is 5.91 Å². The maximum atomic E-state index is 12.7. The van der Waals surface area contributed by atoms with Gasteiger partial charge < -0.3 is 10.6 Å². The Morgan fingerprint density at radius 1 is 1.35 bits per heavy atom. The number of amides is 1. The summed E-state index contributed by atoms with van der Waals surface area (Å²) in [5, 5.41) is 6.09. The number of anilines is 1. The number of carbonyl (C=O) groups is 1. The Hall–Kier alpha value is -2.03. The fraction of sp³-hybridized carbons (Fsp3) is 0.333. The zero-order valence-electron chi connectivity index (χ0n) is 14.1. The Morgan fingerprint density at radius 2 is 2.19 bits per heavy atom. The molecule has 0 radical (unpaired) electrons. The molecular weight excluding hydrogens is 358 g/mol. The van der Waals surface area contributed by atoms with Crippen LogP contribution in [0.4, 0.5) is 14.5 Å². The van der Waals surface area contributed by atoms with Crippen LogP contribution in [0.25, 0.3) is 0 Å². The molecule has 26 heavy (non-hydrogen) atoms. The van der Waals surface area contributed by atoms with Gasteiger partial charge in [-0.15, -0.1) is 0 Å². The van der Waals surface area contributed by atoms with Crippen LogP contribution in [0, 0.1) is 0 Å². The molecule has 3 rings (SSSR count). The quantitative estimate of drug-likeness (QED) is 0.757. The first kappa shape index (κ1) is 18.8. The number of nitrogens with zero attached hydrogens (tertiary/aromatic N) is 2. The van der Waals surface area contributed by atoms with Gasteiger partial charge in [-0.05, 0) is 23.8 Å². The van der Waals surface area contributed by atoms with Crippen molar-refractivity contribution in [3.05, 3.63) is 54.4 Å². The van der Waals surface area contributed by atoms with Crippen molar-refractivity contribution in [3.8, 4) is 0 Å². The van der Waals surface area contributed by atoms with Crippen molar-refractivity contribution >= 4 is 23.4 Å². The molecule has 0 saturated carbocycles. The second-order valence-corrected chi connectivity index (χ2v) is 6.93. The number of piperazine rings is 1. The van der Waals surface area contributed by atoms with E-state index in [-0.39, 0.29) is 18.5 Å². The van der Waals surface area contributed by atoms with E-state index in [4.69, 9.17) is 0 Å². The number of hydrogen-bond donors (Lipinski definition) is 2. The van der Waals surface area contributed by atoms with Crippen molar-refractivity contribution in [1.82, 2.24) is 15.2 Å². The molecule has 1 aromatic carbocycles. The predicted octanol–water partition coefficient (Wildman–Crippen LogP) is 2.98. The van der Waals surface area contributed by atoms with Crippen LogP contribution >= 0.6 is 11.8 Å². The average Bonchev–Trinajstić information content (AvgIpc) is 2.64. The summed E-state index contributed by atoms with van der Waals surface area (Å²) in [5.74, 6) is -2.75. The van der Waals surface area contributed by atoms with Crippen molar-refractivity contribution in [2.45, 2.75) is 16.7 Å². The van der Waals surface area contributed by atoms with Crippen LogP contribution in [0.1, 0.15) is 11.6 Å². The fourth-order valence-corrected chi connectivity index (χ4v) is 3.58. The summed E-state index contributed by atoms with van der Waals surface area (Å²) >= 11 is 0.431. The maximum absolute atomic E-state index is 12.7. The molecule has 2 N–H and O–H groups in total. The van der Waals surface area contributed by atoms with Crippen molar-refractivity contribution in [3.63, 3.8) is 0 Å². The molecule has 1 aliphatic rings. The van der Waals surface area contributed by atoms with Crippen LogP contribution in [-0.4, -0.2) is 47.7 Å². The summed E-state index contributed by atoms with van der Waals surface area (Å²) in [6.45, 7) is 2.44. The Morgan fingerprint density at radius 3 is 2.96 bits per heavy atom. The van der Waals surface area contributed by atoms with Crippen molar-refractivity contribution in [2.75, 3.05) is 31.5 Å². The second-order valence-electron chi connectivity index (χ2n) is 5.90. The number of thioether (sulfide) groups is 1. The second kappa shape index (κ2) is 9.07. The number of nitrogens with one attached hydrogen (secondary N) is 2. The number of halogens is 2. The van der Waals surface area contributed by atoms with E-state index in [0.29, 0.717) is 22.3 Å². The average molecular weight is 378 g/mol. The Labute approximate surface area is 155 Å². The van der Waals surface area contributed by atoms with Gasteiger partial charge >= 0.3 is 0 Å². The summed E-state index contributed by atoms with van der Waals surface area (Å²) < 4.78 is 25.4. The monoisotopic (exact) mass is 378 g/mol. The third kappa shape index (κ3) is 5.00. The van der Waals surface area contributed by atoms with Gasteiger partial charge in [0.1, 0.15) is 0 Å². The Bertz CT molecular complexity index is 732. The summed E-state index contributed by atoms with van der Waals surface area (Å²) in [4.78, 5) is 19.1. The van der Waals surface area contributed by atoms with E-state index >= 15 is 0 Å². The van der Waals surface area contributed by atoms with Gasteiger partial charge in [-0.1, -0.05) is 30.0 Å². The molecule has 8 heteroatoms. The third-order valence-corrected chi connectivity index (χ3v) is 4.94. The fourth-order valence-electron chi connectivity index (χ4n) is 2.98. The van der Waals surface area contributed by atoms with E-state index in [0.717, 1.165) is 25.2 Å². The number of para-hydroxylation sites is 1. The highest BCUT2D eigenvalue weighted by molar-refractivity contribution is 7.99. The van der Waals surface area contributed by atoms with E-state index in [1.165, 1.54) is 0 Å². The lowest BCUT2D eigenvalue weighted by molar-refractivity contribution is -0.118. The largest absolute Gasteiger partial charge is 0.324 e. The minimum absolute atomic E-state index is 0.0499. The first-order valence-corrected chi connectivity index (χ1v) is 9.20. The van der Waals surface area contributed by atoms with Crippen molar-refractivity contribution in [1.29, 1.82) is 0 Å². The first-order valence-electron chi connectivity index (χ1n) is 8.32. The van der Waals surface area contributed by atoms with Crippen LogP contribution in [0.3, 0.4) is 0 Å². The number of pyridine rings is 1. The lowest BCUT2D eigenvalue weighted by Crippen LogP contribution is -2.48. The van der Waals surface area contributed by atoms with Crippen molar-refractivity contribution in [2.24, 2.45) is 0 Å². The van der Waals surface area contributed by atoms with Crippen LogP contribution in [0.5, 0.6) is 0 Å². The molecule has 138 valence electrons. The van der Waals surface area contributed by atoms with E-state index in [9.17, 15) is 13.6 Å². The lowest BCUT2D eigenvalue weighted by Gasteiger charge is -2.35.